The average Bonchev–Trinajstić information content (AvgIpc) is 2.41. The van der Waals surface area contributed by atoms with Crippen LogP contribution in [0.3, 0.4) is 0 Å². The summed E-state index contributed by atoms with van der Waals surface area (Å²) < 4.78 is 31.6. The van der Waals surface area contributed by atoms with Gasteiger partial charge in [0.15, 0.2) is 0 Å². The molecule has 0 aromatic rings. The molecule has 0 spiro atoms. The Kier molecular flexibility index (Phi) is 27.1. The smallest absolute Gasteiger partial charge is 0.333 e. The Hall–Kier alpha value is -0.170. The van der Waals surface area contributed by atoms with E-state index in [-0.39, 0.29) is 0 Å². The Morgan fingerprint density at radius 2 is 0.762 bits per heavy atom. The van der Waals surface area contributed by atoms with E-state index in [1.807, 2.05) is 0 Å². The summed E-state index contributed by atoms with van der Waals surface area (Å²) in [5.41, 5.74) is 4.50. The molecule has 0 heterocycles. The first-order valence-corrected chi connectivity index (χ1v) is 9.59. The zero-order chi connectivity index (χ0) is 17.0. The van der Waals surface area contributed by atoms with Crippen LogP contribution in [0.1, 0.15) is 90.9 Å². The standard InChI is InChI=1S/C14H30.CH5N.H2O4S/c1-3-5-7-9-11-13-14-12-10-8-6-4-2;1-2;1-5(2,3)4/h3-14H2,1-2H3;2H2,1H3;(H2,1,2,3,4). The van der Waals surface area contributed by atoms with E-state index in [2.05, 4.69) is 19.6 Å². The van der Waals surface area contributed by atoms with E-state index in [4.69, 9.17) is 17.5 Å². The third-order valence-electron chi connectivity index (χ3n) is 2.96. The number of hydrogen-bond donors (Lipinski definition) is 3. The maximum Gasteiger partial charge on any atom is 0.394 e. The minimum absolute atomic E-state index is 1.37. The van der Waals surface area contributed by atoms with Crippen LogP contribution >= 0.6 is 0 Å². The minimum atomic E-state index is -4.67. The van der Waals surface area contributed by atoms with Gasteiger partial charge in [-0.15, -0.1) is 0 Å². The zero-order valence-corrected chi connectivity index (χ0v) is 15.0. The molecule has 0 atom stereocenters. The van der Waals surface area contributed by atoms with Gasteiger partial charge in [-0.1, -0.05) is 90.9 Å². The second-order valence-corrected chi connectivity index (χ2v) is 5.88. The van der Waals surface area contributed by atoms with Crippen LogP contribution in [-0.4, -0.2) is 24.6 Å². The predicted octanol–water partition coefficient (Wildman–Crippen LogP) is 4.63. The monoisotopic (exact) mass is 327 g/mol. The lowest BCUT2D eigenvalue weighted by Crippen LogP contribution is -1.89. The lowest BCUT2D eigenvalue weighted by molar-refractivity contribution is 0.381. The summed E-state index contributed by atoms with van der Waals surface area (Å²) in [6.45, 7) is 4.57. The lowest BCUT2D eigenvalue weighted by Gasteiger charge is -2.01. The molecule has 132 valence electrons. The van der Waals surface area contributed by atoms with E-state index < -0.39 is 10.4 Å². The van der Waals surface area contributed by atoms with Crippen LogP contribution in [0.15, 0.2) is 0 Å². The van der Waals surface area contributed by atoms with Crippen molar-refractivity contribution in [1.29, 1.82) is 0 Å². The Balaban J connectivity index is -0.000000389. The van der Waals surface area contributed by atoms with E-state index >= 15 is 0 Å². The van der Waals surface area contributed by atoms with E-state index in [1.54, 1.807) is 0 Å². The fraction of sp³-hybridized carbons (Fsp3) is 1.00. The van der Waals surface area contributed by atoms with E-state index in [0.29, 0.717) is 0 Å². The van der Waals surface area contributed by atoms with Gasteiger partial charge in [0.1, 0.15) is 0 Å². The van der Waals surface area contributed by atoms with Crippen molar-refractivity contribution >= 4 is 10.4 Å². The highest BCUT2D eigenvalue weighted by Crippen LogP contribution is 2.11. The first-order chi connectivity index (χ1) is 9.91. The van der Waals surface area contributed by atoms with E-state index in [1.165, 1.54) is 84.1 Å². The first kappa shape index (κ1) is 25.8. The Morgan fingerprint density at radius 3 is 0.905 bits per heavy atom. The molecule has 0 aromatic carbocycles. The molecular weight excluding hydrogens is 290 g/mol. The normalized spacial score (nSPS) is 10.2. The number of unbranched alkanes of at least 4 members (excludes halogenated alkanes) is 11. The summed E-state index contributed by atoms with van der Waals surface area (Å²) >= 11 is 0. The Bertz CT molecular complexity index is 236. The van der Waals surface area contributed by atoms with Crippen LogP contribution in [-0.2, 0) is 10.4 Å². The SMILES string of the molecule is CCCCCCCCCCCCCC.CN.O=S(=O)(O)O. The first-order valence-electron chi connectivity index (χ1n) is 8.19. The Morgan fingerprint density at radius 1 is 0.619 bits per heavy atom. The molecule has 0 aliphatic rings. The topological polar surface area (TPSA) is 101 Å². The van der Waals surface area contributed by atoms with Crippen LogP contribution < -0.4 is 5.73 Å². The summed E-state index contributed by atoms with van der Waals surface area (Å²) in [6, 6.07) is 0. The molecule has 4 N–H and O–H groups in total. The van der Waals surface area contributed by atoms with Crippen molar-refractivity contribution in [2.75, 3.05) is 7.05 Å². The zero-order valence-electron chi connectivity index (χ0n) is 14.2. The molecule has 21 heavy (non-hydrogen) atoms. The summed E-state index contributed by atoms with van der Waals surface area (Å²) in [7, 11) is -3.17. The molecule has 0 saturated heterocycles. The van der Waals surface area contributed by atoms with Crippen molar-refractivity contribution in [3.05, 3.63) is 0 Å². The van der Waals surface area contributed by atoms with Gasteiger partial charge in [0.25, 0.3) is 0 Å². The molecule has 0 amide bonds. The Labute approximate surface area is 132 Å². The van der Waals surface area contributed by atoms with Crippen molar-refractivity contribution in [2.24, 2.45) is 5.73 Å². The molecule has 6 heteroatoms. The van der Waals surface area contributed by atoms with Gasteiger partial charge < -0.3 is 5.73 Å². The number of hydrogen-bond acceptors (Lipinski definition) is 3. The molecule has 0 radical (unpaired) electrons. The molecule has 5 nitrogen and oxygen atoms in total. The second kappa shape index (κ2) is 22.1. The van der Waals surface area contributed by atoms with Gasteiger partial charge in [-0.2, -0.15) is 8.42 Å². The predicted molar refractivity (Wildman–Crippen MR) is 91.0 cm³/mol. The van der Waals surface area contributed by atoms with Gasteiger partial charge in [-0.05, 0) is 7.05 Å². The van der Waals surface area contributed by atoms with Gasteiger partial charge in [0, 0.05) is 0 Å². The van der Waals surface area contributed by atoms with Crippen molar-refractivity contribution in [3.8, 4) is 0 Å². The molecule has 0 aliphatic carbocycles. The molecule has 0 unspecified atom stereocenters. The van der Waals surface area contributed by atoms with Gasteiger partial charge in [0.05, 0.1) is 0 Å². The van der Waals surface area contributed by atoms with Gasteiger partial charge in [-0.25, -0.2) is 0 Å². The molecule has 0 bridgehead atoms. The van der Waals surface area contributed by atoms with E-state index in [9.17, 15) is 0 Å². The summed E-state index contributed by atoms with van der Waals surface area (Å²) in [5, 5.41) is 0. The molecule has 0 aromatic heterocycles. The van der Waals surface area contributed by atoms with Crippen LogP contribution in [0.2, 0.25) is 0 Å². The summed E-state index contributed by atoms with van der Waals surface area (Å²) in [6.07, 6.45) is 17.4. The minimum Gasteiger partial charge on any atom is -0.333 e. The summed E-state index contributed by atoms with van der Waals surface area (Å²) in [4.78, 5) is 0. The number of nitrogens with two attached hydrogens (primary N) is 1. The summed E-state index contributed by atoms with van der Waals surface area (Å²) in [5.74, 6) is 0. The van der Waals surface area contributed by atoms with Gasteiger partial charge >= 0.3 is 10.4 Å². The molecule has 0 aliphatic heterocycles. The highest BCUT2D eigenvalue weighted by atomic mass is 32.3. The van der Waals surface area contributed by atoms with E-state index in [0.717, 1.165) is 0 Å². The molecule has 0 rings (SSSR count). The molecular formula is C15H37NO4S. The van der Waals surface area contributed by atoms with Gasteiger partial charge in [0.2, 0.25) is 0 Å². The largest absolute Gasteiger partial charge is 0.394 e. The van der Waals surface area contributed by atoms with Crippen LogP contribution in [0.25, 0.3) is 0 Å². The third-order valence-corrected chi connectivity index (χ3v) is 2.96. The third kappa shape index (κ3) is 53.7. The van der Waals surface area contributed by atoms with Crippen LogP contribution in [0.4, 0.5) is 0 Å². The molecule has 0 saturated carbocycles. The maximum atomic E-state index is 8.74. The van der Waals surface area contributed by atoms with Crippen molar-refractivity contribution in [2.45, 2.75) is 90.9 Å². The fourth-order valence-electron chi connectivity index (χ4n) is 1.91. The number of rotatable bonds is 11. The lowest BCUT2D eigenvalue weighted by atomic mass is 10.1. The maximum absolute atomic E-state index is 8.74. The second-order valence-electron chi connectivity index (χ2n) is 4.98. The van der Waals surface area contributed by atoms with Crippen molar-refractivity contribution in [3.63, 3.8) is 0 Å². The van der Waals surface area contributed by atoms with Crippen molar-refractivity contribution in [1.82, 2.24) is 0 Å². The highest BCUT2D eigenvalue weighted by Gasteiger charge is 1.91. The van der Waals surface area contributed by atoms with Crippen LogP contribution in [0.5, 0.6) is 0 Å². The van der Waals surface area contributed by atoms with Gasteiger partial charge in [-0.3, -0.25) is 9.11 Å². The average molecular weight is 328 g/mol. The highest BCUT2D eigenvalue weighted by molar-refractivity contribution is 7.79. The van der Waals surface area contributed by atoms with Crippen molar-refractivity contribution < 1.29 is 17.5 Å². The van der Waals surface area contributed by atoms with Crippen LogP contribution in [0, 0.1) is 0 Å². The fourth-order valence-corrected chi connectivity index (χ4v) is 1.91. The quantitative estimate of drug-likeness (QED) is 0.379. The molecule has 0 fully saturated rings.